The van der Waals surface area contributed by atoms with E-state index in [1.54, 1.807) is 0 Å². The van der Waals surface area contributed by atoms with Crippen LogP contribution in [-0.4, -0.2) is 43.5 Å². The first-order chi connectivity index (χ1) is 6.15. The summed E-state index contributed by atoms with van der Waals surface area (Å²) in [5.41, 5.74) is 1.29. The molecule has 0 radical (unpaired) electrons. The Morgan fingerprint density at radius 2 is 2.23 bits per heavy atom. The van der Waals surface area contributed by atoms with Crippen LogP contribution in [0.15, 0.2) is 12.3 Å². The van der Waals surface area contributed by atoms with Gasteiger partial charge in [0.1, 0.15) is 0 Å². The molecule has 0 aromatic rings. The van der Waals surface area contributed by atoms with Gasteiger partial charge in [0.25, 0.3) is 0 Å². The lowest BCUT2D eigenvalue weighted by molar-refractivity contribution is 0.185. The molecule has 1 aliphatic heterocycles. The fourth-order valence-corrected chi connectivity index (χ4v) is 1.98. The van der Waals surface area contributed by atoms with E-state index in [4.69, 9.17) is 0 Å². The maximum absolute atomic E-state index is 4.15. The maximum Gasteiger partial charge on any atom is 0.0110 e. The van der Waals surface area contributed by atoms with E-state index in [0.717, 1.165) is 0 Å². The Kier molecular flexibility index (Phi) is 3.79. The number of nitrogens with zero attached hydrogens (tertiary/aromatic N) is 2. The van der Waals surface area contributed by atoms with Crippen LogP contribution in [0.5, 0.6) is 0 Å². The number of hydrogen-bond donors (Lipinski definition) is 0. The molecule has 0 N–H and O–H groups in total. The van der Waals surface area contributed by atoms with Gasteiger partial charge in [-0.2, -0.15) is 0 Å². The van der Waals surface area contributed by atoms with Crippen molar-refractivity contribution in [2.45, 2.75) is 19.8 Å². The Morgan fingerprint density at radius 3 is 2.77 bits per heavy atom. The zero-order valence-corrected chi connectivity index (χ0v) is 9.21. The predicted molar refractivity (Wildman–Crippen MR) is 57.7 cm³/mol. The minimum absolute atomic E-state index is 0.684. The van der Waals surface area contributed by atoms with E-state index in [2.05, 4.69) is 37.4 Å². The summed E-state index contributed by atoms with van der Waals surface area (Å²) in [7, 11) is 4.18. The van der Waals surface area contributed by atoms with Crippen molar-refractivity contribution in [1.82, 2.24) is 9.80 Å². The molecule has 0 aromatic heterocycles. The Balaban J connectivity index is 2.46. The second kappa shape index (κ2) is 4.66. The van der Waals surface area contributed by atoms with Gasteiger partial charge >= 0.3 is 0 Å². The number of rotatable bonds is 3. The van der Waals surface area contributed by atoms with Crippen molar-refractivity contribution in [3.63, 3.8) is 0 Å². The smallest absolute Gasteiger partial charge is 0.0110 e. The highest BCUT2D eigenvalue weighted by molar-refractivity contribution is 5.00. The average molecular weight is 182 g/mol. The average Bonchev–Trinajstić information content (AvgIpc) is 2.16. The Hall–Kier alpha value is -0.500. The molecular formula is C11H22N2. The molecule has 1 saturated heterocycles. The molecule has 1 atom stereocenters. The van der Waals surface area contributed by atoms with Crippen molar-refractivity contribution in [1.29, 1.82) is 0 Å². The van der Waals surface area contributed by atoms with Crippen molar-refractivity contribution >= 4 is 0 Å². The van der Waals surface area contributed by atoms with Crippen LogP contribution in [0.4, 0.5) is 0 Å². The highest BCUT2D eigenvalue weighted by Crippen LogP contribution is 2.23. The van der Waals surface area contributed by atoms with Crippen LogP contribution in [0.3, 0.4) is 0 Å². The highest BCUT2D eigenvalue weighted by Gasteiger charge is 2.21. The van der Waals surface area contributed by atoms with Crippen LogP contribution >= 0.6 is 0 Å². The van der Waals surface area contributed by atoms with Gasteiger partial charge in [-0.15, -0.1) is 0 Å². The van der Waals surface area contributed by atoms with Crippen LogP contribution < -0.4 is 0 Å². The van der Waals surface area contributed by atoms with E-state index in [1.165, 1.54) is 38.2 Å². The molecule has 0 spiro atoms. The standard InChI is InChI=1S/C11H22N2/c1-5-13-8-6-7-11(9-13)10(2)12(3)4/h11H,2,5-9H2,1,3-4H3. The van der Waals surface area contributed by atoms with Gasteiger partial charge in [-0.05, 0) is 25.9 Å². The van der Waals surface area contributed by atoms with Gasteiger partial charge in [-0.1, -0.05) is 13.5 Å². The van der Waals surface area contributed by atoms with Crippen LogP contribution in [0, 0.1) is 5.92 Å². The summed E-state index contributed by atoms with van der Waals surface area (Å²) in [4.78, 5) is 4.67. The number of likely N-dealkylation sites (tertiary alicyclic amines) is 1. The molecule has 2 heteroatoms. The molecule has 1 aliphatic rings. The molecule has 1 unspecified atom stereocenters. The summed E-state index contributed by atoms with van der Waals surface area (Å²) in [5.74, 6) is 0.684. The third-order valence-corrected chi connectivity index (χ3v) is 3.00. The molecule has 1 fully saturated rings. The van der Waals surface area contributed by atoms with E-state index in [9.17, 15) is 0 Å². The van der Waals surface area contributed by atoms with Gasteiger partial charge in [0, 0.05) is 32.3 Å². The summed E-state index contributed by atoms with van der Waals surface area (Å²) in [6.45, 7) is 10.0. The Labute approximate surface area is 82.2 Å². The van der Waals surface area contributed by atoms with Crippen LogP contribution in [-0.2, 0) is 0 Å². The van der Waals surface area contributed by atoms with Gasteiger partial charge in [0.05, 0.1) is 0 Å². The van der Waals surface area contributed by atoms with E-state index < -0.39 is 0 Å². The summed E-state index contributed by atoms with van der Waals surface area (Å²) in [5, 5.41) is 0. The van der Waals surface area contributed by atoms with Gasteiger partial charge in [-0.3, -0.25) is 0 Å². The largest absolute Gasteiger partial charge is 0.381 e. The minimum Gasteiger partial charge on any atom is -0.381 e. The molecule has 2 nitrogen and oxygen atoms in total. The summed E-state index contributed by atoms with van der Waals surface area (Å²) < 4.78 is 0. The first-order valence-corrected chi connectivity index (χ1v) is 5.23. The summed E-state index contributed by atoms with van der Waals surface area (Å²) >= 11 is 0. The van der Waals surface area contributed by atoms with Crippen LogP contribution in [0.2, 0.25) is 0 Å². The SMILES string of the molecule is C=C(C1CCCN(CC)C1)N(C)C. The molecule has 0 aromatic carbocycles. The van der Waals surface area contributed by atoms with Crippen LogP contribution in [0.25, 0.3) is 0 Å². The lowest BCUT2D eigenvalue weighted by atomic mass is 9.95. The predicted octanol–water partition coefficient (Wildman–Crippen LogP) is 1.79. The van der Waals surface area contributed by atoms with E-state index >= 15 is 0 Å². The van der Waals surface area contributed by atoms with E-state index in [0.29, 0.717) is 5.92 Å². The van der Waals surface area contributed by atoms with E-state index in [1.807, 2.05) is 0 Å². The molecule has 1 rings (SSSR count). The zero-order chi connectivity index (χ0) is 9.84. The highest BCUT2D eigenvalue weighted by atomic mass is 15.1. The first kappa shape index (κ1) is 10.6. The fraction of sp³-hybridized carbons (Fsp3) is 0.818. The van der Waals surface area contributed by atoms with Gasteiger partial charge in [-0.25, -0.2) is 0 Å². The molecule has 0 bridgehead atoms. The molecule has 13 heavy (non-hydrogen) atoms. The first-order valence-electron chi connectivity index (χ1n) is 5.23. The topological polar surface area (TPSA) is 6.48 Å². The number of piperidine rings is 1. The second-order valence-corrected chi connectivity index (χ2v) is 4.12. The Bertz CT molecular complexity index is 175. The lowest BCUT2D eigenvalue weighted by Gasteiger charge is -2.35. The number of hydrogen-bond acceptors (Lipinski definition) is 2. The summed E-state index contributed by atoms with van der Waals surface area (Å²) in [6, 6.07) is 0. The molecule has 0 aliphatic carbocycles. The molecule has 0 saturated carbocycles. The molecule has 0 amide bonds. The third kappa shape index (κ3) is 2.73. The van der Waals surface area contributed by atoms with Gasteiger partial charge in [0.2, 0.25) is 0 Å². The van der Waals surface area contributed by atoms with E-state index in [-0.39, 0.29) is 0 Å². The van der Waals surface area contributed by atoms with Crippen molar-refractivity contribution in [3.05, 3.63) is 12.3 Å². The van der Waals surface area contributed by atoms with Crippen molar-refractivity contribution in [3.8, 4) is 0 Å². The lowest BCUT2D eigenvalue weighted by Crippen LogP contribution is -2.37. The molecular weight excluding hydrogens is 160 g/mol. The second-order valence-electron chi connectivity index (χ2n) is 4.12. The summed E-state index contributed by atoms with van der Waals surface area (Å²) in [6.07, 6.45) is 2.64. The van der Waals surface area contributed by atoms with Crippen molar-refractivity contribution in [2.75, 3.05) is 33.7 Å². The third-order valence-electron chi connectivity index (χ3n) is 3.00. The van der Waals surface area contributed by atoms with Gasteiger partial charge in [0.15, 0.2) is 0 Å². The minimum atomic E-state index is 0.684. The maximum atomic E-state index is 4.15. The van der Waals surface area contributed by atoms with Crippen LogP contribution in [0.1, 0.15) is 19.8 Å². The molecule has 1 heterocycles. The van der Waals surface area contributed by atoms with Crippen molar-refractivity contribution < 1.29 is 0 Å². The van der Waals surface area contributed by atoms with Gasteiger partial charge < -0.3 is 9.80 Å². The quantitative estimate of drug-likeness (QED) is 0.656. The zero-order valence-electron chi connectivity index (χ0n) is 9.21. The molecule has 76 valence electrons. The normalized spacial score (nSPS) is 24.4. The monoisotopic (exact) mass is 182 g/mol. The fourth-order valence-electron chi connectivity index (χ4n) is 1.98. The van der Waals surface area contributed by atoms with Crippen molar-refractivity contribution in [2.24, 2.45) is 5.92 Å². The Morgan fingerprint density at radius 1 is 1.54 bits per heavy atom.